The van der Waals surface area contributed by atoms with Crippen molar-refractivity contribution in [3.63, 3.8) is 0 Å². The molecule has 1 aromatic heterocycles. The van der Waals surface area contributed by atoms with Crippen molar-refractivity contribution in [3.8, 4) is 11.5 Å². The van der Waals surface area contributed by atoms with E-state index in [9.17, 15) is 9.59 Å². The van der Waals surface area contributed by atoms with Gasteiger partial charge in [0.05, 0.1) is 10.3 Å². The summed E-state index contributed by atoms with van der Waals surface area (Å²) in [6, 6.07) is 16.7. The van der Waals surface area contributed by atoms with Crippen molar-refractivity contribution >= 4 is 34.5 Å². The maximum Gasteiger partial charge on any atom is 0.265 e. The molecule has 2 aliphatic rings. The predicted octanol–water partition coefficient (Wildman–Crippen LogP) is 5.22. The zero-order chi connectivity index (χ0) is 22.0. The SMILES string of the molecule is O=C(Nc1cccc(NC(=O)C2(c3ccc4c(c3)OCCO4)CCCC2)c1)c1cccs1. The molecule has 7 heteroatoms. The summed E-state index contributed by atoms with van der Waals surface area (Å²) in [4.78, 5) is 26.6. The van der Waals surface area contributed by atoms with Crippen molar-refractivity contribution < 1.29 is 19.1 Å². The topological polar surface area (TPSA) is 76.7 Å². The number of thiophene rings is 1. The van der Waals surface area contributed by atoms with Crippen molar-refractivity contribution in [1.82, 2.24) is 0 Å². The standard InChI is InChI=1S/C25H24N2O4S/c28-23(22-7-4-14-32-22)26-18-5-3-6-19(16-18)27-24(29)25(10-1-2-11-25)17-8-9-20-21(15-17)31-13-12-30-20/h3-9,14-16H,1-2,10-13H2,(H,26,28)(H,27,29). The summed E-state index contributed by atoms with van der Waals surface area (Å²) in [6.07, 6.45) is 3.57. The molecule has 5 rings (SSSR count). The summed E-state index contributed by atoms with van der Waals surface area (Å²) >= 11 is 1.39. The number of hydrogen-bond acceptors (Lipinski definition) is 5. The first-order valence-corrected chi connectivity index (χ1v) is 11.7. The fourth-order valence-electron chi connectivity index (χ4n) is 4.49. The van der Waals surface area contributed by atoms with E-state index in [1.54, 1.807) is 12.1 Å². The van der Waals surface area contributed by atoms with Crippen LogP contribution >= 0.6 is 11.3 Å². The zero-order valence-electron chi connectivity index (χ0n) is 17.6. The molecule has 2 heterocycles. The lowest BCUT2D eigenvalue weighted by molar-refractivity contribution is -0.121. The molecule has 0 atom stereocenters. The Morgan fingerprint density at radius 2 is 1.59 bits per heavy atom. The highest BCUT2D eigenvalue weighted by Crippen LogP contribution is 2.45. The van der Waals surface area contributed by atoms with Crippen LogP contribution in [0, 0.1) is 0 Å². The molecule has 0 saturated heterocycles. The van der Waals surface area contributed by atoms with E-state index in [1.807, 2.05) is 47.8 Å². The van der Waals surface area contributed by atoms with Crippen LogP contribution in [0.1, 0.15) is 40.9 Å². The number of nitrogens with one attached hydrogen (secondary N) is 2. The lowest BCUT2D eigenvalue weighted by Gasteiger charge is -2.30. The fraction of sp³-hybridized carbons (Fsp3) is 0.280. The molecule has 1 aliphatic heterocycles. The monoisotopic (exact) mass is 448 g/mol. The molecule has 2 amide bonds. The van der Waals surface area contributed by atoms with Gasteiger partial charge >= 0.3 is 0 Å². The van der Waals surface area contributed by atoms with Gasteiger partial charge in [-0.15, -0.1) is 11.3 Å². The highest BCUT2D eigenvalue weighted by Gasteiger charge is 2.43. The summed E-state index contributed by atoms with van der Waals surface area (Å²) in [6.45, 7) is 1.05. The summed E-state index contributed by atoms with van der Waals surface area (Å²) < 4.78 is 11.4. The van der Waals surface area contributed by atoms with Crippen LogP contribution in [0.4, 0.5) is 11.4 Å². The molecule has 0 spiro atoms. The molecule has 32 heavy (non-hydrogen) atoms. The van der Waals surface area contributed by atoms with E-state index < -0.39 is 5.41 Å². The third-order valence-corrected chi connectivity index (χ3v) is 6.98. The second kappa shape index (κ2) is 8.67. The molecular formula is C25H24N2O4S. The largest absolute Gasteiger partial charge is 0.486 e. The van der Waals surface area contributed by atoms with Crippen molar-refractivity contribution in [1.29, 1.82) is 0 Å². The number of fused-ring (bicyclic) bond motifs is 1. The van der Waals surface area contributed by atoms with E-state index in [-0.39, 0.29) is 11.8 Å². The van der Waals surface area contributed by atoms with E-state index in [4.69, 9.17) is 9.47 Å². The maximum atomic E-state index is 13.6. The van der Waals surface area contributed by atoms with Crippen LogP contribution in [0.2, 0.25) is 0 Å². The van der Waals surface area contributed by atoms with Gasteiger partial charge < -0.3 is 20.1 Å². The number of rotatable bonds is 5. The molecule has 6 nitrogen and oxygen atoms in total. The van der Waals surface area contributed by atoms with Crippen molar-refractivity contribution in [2.24, 2.45) is 0 Å². The lowest BCUT2D eigenvalue weighted by atomic mass is 9.77. The average molecular weight is 449 g/mol. The highest BCUT2D eigenvalue weighted by molar-refractivity contribution is 7.12. The summed E-state index contributed by atoms with van der Waals surface area (Å²) in [5.41, 5.74) is 1.65. The molecule has 0 radical (unpaired) electrons. The Kier molecular flexibility index (Phi) is 5.57. The molecule has 1 fully saturated rings. The second-order valence-electron chi connectivity index (χ2n) is 8.11. The Bertz CT molecular complexity index is 1140. The zero-order valence-corrected chi connectivity index (χ0v) is 18.4. The molecule has 1 saturated carbocycles. The summed E-state index contributed by atoms with van der Waals surface area (Å²) in [5.74, 6) is 1.23. The number of carbonyl (C=O) groups excluding carboxylic acids is 2. The average Bonchev–Trinajstić information content (AvgIpc) is 3.52. The number of amides is 2. The van der Waals surface area contributed by atoms with Gasteiger partial charge in [0.15, 0.2) is 11.5 Å². The third-order valence-electron chi connectivity index (χ3n) is 6.11. The number of ether oxygens (including phenoxy) is 2. The minimum absolute atomic E-state index is 0.0339. The quantitative estimate of drug-likeness (QED) is 0.561. The van der Waals surface area contributed by atoms with E-state index in [0.29, 0.717) is 35.2 Å². The van der Waals surface area contributed by atoms with Crippen LogP contribution in [0.15, 0.2) is 60.0 Å². The molecular weight excluding hydrogens is 424 g/mol. The van der Waals surface area contributed by atoms with Crippen LogP contribution < -0.4 is 20.1 Å². The molecule has 3 aromatic rings. The normalized spacial score (nSPS) is 16.4. The summed E-state index contributed by atoms with van der Waals surface area (Å²) in [5, 5.41) is 7.85. The first-order chi connectivity index (χ1) is 15.6. The number of carbonyl (C=O) groups is 2. The minimum Gasteiger partial charge on any atom is -0.486 e. The van der Waals surface area contributed by atoms with Gasteiger partial charge in [-0.05, 0) is 60.2 Å². The van der Waals surface area contributed by atoms with Gasteiger partial charge in [0, 0.05) is 11.4 Å². The van der Waals surface area contributed by atoms with E-state index in [1.165, 1.54) is 11.3 Å². The maximum absolute atomic E-state index is 13.6. The van der Waals surface area contributed by atoms with Gasteiger partial charge in [-0.3, -0.25) is 9.59 Å². The van der Waals surface area contributed by atoms with Crippen LogP contribution in [-0.4, -0.2) is 25.0 Å². The van der Waals surface area contributed by atoms with E-state index in [0.717, 1.165) is 37.0 Å². The molecule has 0 bridgehead atoms. The molecule has 1 aliphatic carbocycles. The van der Waals surface area contributed by atoms with Crippen LogP contribution in [0.5, 0.6) is 11.5 Å². The third kappa shape index (κ3) is 3.96. The molecule has 2 aromatic carbocycles. The van der Waals surface area contributed by atoms with Gasteiger partial charge in [0.1, 0.15) is 13.2 Å². The van der Waals surface area contributed by atoms with Gasteiger partial charge in [0.2, 0.25) is 5.91 Å². The molecule has 0 unspecified atom stereocenters. The van der Waals surface area contributed by atoms with Gasteiger partial charge in [-0.25, -0.2) is 0 Å². The number of hydrogen-bond donors (Lipinski definition) is 2. The van der Waals surface area contributed by atoms with Crippen LogP contribution in [-0.2, 0) is 10.2 Å². The molecule has 164 valence electrons. The Hall–Kier alpha value is -3.32. The van der Waals surface area contributed by atoms with Crippen molar-refractivity contribution in [2.75, 3.05) is 23.8 Å². The van der Waals surface area contributed by atoms with Gasteiger partial charge in [0.25, 0.3) is 5.91 Å². The van der Waals surface area contributed by atoms with E-state index in [2.05, 4.69) is 10.6 Å². The summed E-state index contributed by atoms with van der Waals surface area (Å²) in [7, 11) is 0. The van der Waals surface area contributed by atoms with Crippen LogP contribution in [0.3, 0.4) is 0 Å². The highest BCUT2D eigenvalue weighted by atomic mass is 32.1. The smallest absolute Gasteiger partial charge is 0.265 e. The van der Waals surface area contributed by atoms with Gasteiger partial charge in [-0.2, -0.15) is 0 Å². The lowest BCUT2D eigenvalue weighted by Crippen LogP contribution is -2.38. The Morgan fingerprint density at radius 3 is 2.34 bits per heavy atom. The first kappa shape index (κ1) is 20.6. The van der Waals surface area contributed by atoms with Crippen molar-refractivity contribution in [2.45, 2.75) is 31.1 Å². The first-order valence-electron chi connectivity index (χ1n) is 10.8. The minimum atomic E-state index is -0.605. The van der Waals surface area contributed by atoms with Crippen molar-refractivity contribution in [3.05, 3.63) is 70.4 Å². The van der Waals surface area contributed by atoms with Crippen LogP contribution in [0.25, 0.3) is 0 Å². The van der Waals surface area contributed by atoms with E-state index >= 15 is 0 Å². The van der Waals surface area contributed by atoms with Gasteiger partial charge in [-0.1, -0.05) is 31.0 Å². The Labute approximate surface area is 190 Å². The Balaban J connectivity index is 1.36. The fourth-order valence-corrected chi connectivity index (χ4v) is 5.11. The predicted molar refractivity (Wildman–Crippen MR) is 125 cm³/mol. The molecule has 2 N–H and O–H groups in total. The number of anilines is 2. The second-order valence-corrected chi connectivity index (χ2v) is 9.06. The Morgan fingerprint density at radius 1 is 0.844 bits per heavy atom. The number of benzene rings is 2.